The highest BCUT2D eigenvalue weighted by atomic mass is 16.5. The van der Waals surface area contributed by atoms with Gasteiger partial charge in [0.15, 0.2) is 5.88 Å². The van der Waals surface area contributed by atoms with Crippen molar-refractivity contribution in [3.8, 4) is 22.8 Å². The Morgan fingerprint density at radius 2 is 1.66 bits per heavy atom. The van der Waals surface area contributed by atoms with Crippen molar-refractivity contribution in [2.75, 3.05) is 7.11 Å². The summed E-state index contributed by atoms with van der Waals surface area (Å²) in [6.45, 7) is 7.34. The first-order chi connectivity index (χ1) is 13.9. The molecule has 0 fully saturated rings. The third-order valence-corrected chi connectivity index (χ3v) is 5.43. The molecular weight excluding hydrogens is 358 g/mol. The first kappa shape index (κ1) is 19.1. The number of aromatic hydroxyl groups is 1. The van der Waals surface area contributed by atoms with E-state index in [1.807, 2.05) is 30.3 Å². The second-order valence-electron chi connectivity index (χ2n) is 8.48. The van der Waals surface area contributed by atoms with E-state index in [0.29, 0.717) is 6.54 Å². The van der Waals surface area contributed by atoms with E-state index in [1.165, 1.54) is 11.1 Å². The molecule has 0 saturated carbocycles. The standard InChI is InChI=1S/C26H27NO2/c1-26(2,3)20-12-8-9-18(15-20)17-27-24(29-4)16-22-23(28)14-13-21(25(22)27)19-10-6-5-7-11-19/h5-16,28H,17H2,1-4H3. The molecule has 0 aliphatic heterocycles. The van der Waals surface area contributed by atoms with Gasteiger partial charge in [-0.25, -0.2) is 0 Å². The van der Waals surface area contributed by atoms with Gasteiger partial charge in [-0.3, -0.25) is 0 Å². The fraction of sp³-hybridized carbons (Fsp3) is 0.231. The number of hydrogen-bond acceptors (Lipinski definition) is 2. The first-order valence-electron chi connectivity index (χ1n) is 9.92. The highest BCUT2D eigenvalue weighted by molar-refractivity contribution is 5.99. The highest BCUT2D eigenvalue weighted by Crippen LogP contribution is 2.39. The summed E-state index contributed by atoms with van der Waals surface area (Å²) in [5, 5.41) is 11.3. The molecule has 4 rings (SSSR count). The summed E-state index contributed by atoms with van der Waals surface area (Å²) in [5.74, 6) is 1.00. The lowest BCUT2D eigenvalue weighted by atomic mass is 9.86. The molecule has 0 saturated heterocycles. The molecule has 148 valence electrons. The van der Waals surface area contributed by atoms with Gasteiger partial charge in [-0.1, -0.05) is 75.4 Å². The average Bonchev–Trinajstić information content (AvgIpc) is 3.08. The van der Waals surface area contributed by atoms with E-state index in [0.717, 1.165) is 27.9 Å². The van der Waals surface area contributed by atoms with E-state index < -0.39 is 0 Å². The molecule has 1 heterocycles. The maximum Gasteiger partial charge on any atom is 0.194 e. The fourth-order valence-corrected chi connectivity index (χ4v) is 3.84. The van der Waals surface area contributed by atoms with Crippen LogP contribution in [-0.2, 0) is 12.0 Å². The number of phenolic OH excluding ortho intramolecular Hbond substituents is 1. The molecule has 0 aliphatic carbocycles. The molecule has 3 heteroatoms. The Bertz CT molecular complexity index is 1150. The quantitative estimate of drug-likeness (QED) is 0.443. The number of benzene rings is 3. The zero-order valence-electron chi connectivity index (χ0n) is 17.4. The predicted octanol–water partition coefficient (Wildman–Crippen LogP) is 6.37. The number of nitrogens with zero attached hydrogens (tertiary/aromatic N) is 1. The highest BCUT2D eigenvalue weighted by Gasteiger charge is 2.18. The van der Waals surface area contributed by atoms with Crippen molar-refractivity contribution in [1.82, 2.24) is 4.57 Å². The van der Waals surface area contributed by atoms with Crippen LogP contribution in [0.25, 0.3) is 22.0 Å². The number of hydrogen-bond donors (Lipinski definition) is 1. The molecule has 3 aromatic carbocycles. The largest absolute Gasteiger partial charge is 0.507 e. The Balaban J connectivity index is 1.91. The lowest BCUT2D eigenvalue weighted by Gasteiger charge is -2.20. The van der Waals surface area contributed by atoms with Gasteiger partial charge < -0.3 is 14.4 Å². The van der Waals surface area contributed by atoms with Crippen LogP contribution in [0.3, 0.4) is 0 Å². The van der Waals surface area contributed by atoms with Gasteiger partial charge in [0, 0.05) is 17.0 Å². The molecule has 1 N–H and O–H groups in total. The summed E-state index contributed by atoms with van der Waals surface area (Å²) in [6.07, 6.45) is 0. The van der Waals surface area contributed by atoms with Crippen LogP contribution in [0.1, 0.15) is 31.9 Å². The minimum Gasteiger partial charge on any atom is -0.507 e. The molecule has 0 unspecified atom stereocenters. The molecule has 0 aliphatic rings. The van der Waals surface area contributed by atoms with Crippen LogP contribution >= 0.6 is 0 Å². The monoisotopic (exact) mass is 385 g/mol. The van der Waals surface area contributed by atoms with Gasteiger partial charge in [-0.2, -0.15) is 0 Å². The Labute approximate surface area is 172 Å². The summed E-state index contributed by atoms with van der Waals surface area (Å²) in [7, 11) is 1.68. The molecule has 0 bridgehead atoms. The van der Waals surface area contributed by atoms with E-state index >= 15 is 0 Å². The Hall–Kier alpha value is -3.20. The van der Waals surface area contributed by atoms with Crippen molar-refractivity contribution >= 4 is 10.9 Å². The summed E-state index contributed by atoms with van der Waals surface area (Å²) in [5.41, 5.74) is 5.77. The second-order valence-corrected chi connectivity index (χ2v) is 8.48. The molecule has 1 aromatic heterocycles. The Morgan fingerprint density at radius 3 is 2.34 bits per heavy atom. The van der Waals surface area contributed by atoms with Crippen LogP contribution in [0.4, 0.5) is 0 Å². The number of aromatic nitrogens is 1. The number of fused-ring (bicyclic) bond motifs is 1. The van der Waals surface area contributed by atoms with E-state index in [-0.39, 0.29) is 11.2 Å². The van der Waals surface area contributed by atoms with E-state index in [2.05, 4.69) is 61.7 Å². The zero-order valence-corrected chi connectivity index (χ0v) is 17.4. The zero-order chi connectivity index (χ0) is 20.6. The van der Waals surface area contributed by atoms with Crippen molar-refractivity contribution in [3.05, 3.63) is 83.9 Å². The van der Waals surface area contributed by atoms with Crippen molar-refractivity contribution in [3.63, 3.8) is 0 Å². The Morgan fingerprint density at radius 1 is 0.897 bits per heavy atom. The smallest absolute Gasteiger partial charge is 0.194 e. The fourth-order valence-electron chi connectivity index (χ4n) is 3.84. The minimum atomic E-state index is 0.0896. The van der Waals surface area contributed by atoms with Gasteiger partial charge >= 0.3 is 0 Å². The van der Waals surface area contributed by atoms with Gasteiger partial charge in [0.1, 0.15) is 5.75 Å². The average molecular weight is 386 g/mol. The number of phenols is 1. The molecule has 0 radical (unpaired) electrons. The second kappa shape index (κ2) is 7.32. The number of rotatable bonds is 4. The Kier molecular flexibility index (Phi) is 4.83. The topological polar surface area (TPSA) is 34.4 Å². The van der Waals surface area contributed by atoms with Gasteiger partial charge in [0.05, 0.1) is 19.2 Å². The van der Waals surface area contributed by atoms with E-state index in [1.54, 1.807) is 13.2 Å². The van der Waals surface area contributed by atoms with Gasteiger partial charge in [-0.05, 0) is 34.2 Å². The molecular formula is C26H27NO2. The molecule has 0 amide bonds. The van der Waals surface area contributed by atoms with Crippen LogP contribution in [0.5, 0.6) is 11.6 Å². The number of ether oxygens (including phenoxy) is 1. The molecule has 0 spiro atoms. The van der Waals surface area contributed by atoms with Crippen LogP contribution in [0.15, 0.2) is 72.8 Å². The molecule has 0 atom stereocenters. The number of methoxy groups -OCH3 is 1. The van der Waals surface area contributed by atoms with E-state index in [4.69, 9.17) is 4.74 Å². The maximum atomic E-state index is 10.5. The normalized spacial score (nSPS) is 11.7. The van der Waals surface area contributed by atoms with Gasteiger partial charge in [0.2, 0.25) is 0 Å². The molecule has 4 aromatic rings. The third-order valence-electron chi connectivity index (χ3n) is 5.43. The predicted molar refractivity (Wildman–Crippen MR) is 120 cm³/mol. The van der Waals surface area contributed by atoms with E-state index in [9.17, 15) is 5.11 Å². The van der Waals surface area contributed by atoms with Crippen LogP contribution in [0, 0.1) is 0 Å². The summed E-state index contributed by atoms with van der Waals surface area (Å²) >= 11 is 0. The maximum absolute atomic E-state index is 10.5. The first-order valence-corrected chi connectivity index (χ1v) is 9.92. The molecule has 3 nitrogen and oxygen atoms in total. The SMILES string of the molecule is COc1cc2c(O)ccc(-c3ccccc3)c2n1Cc1cccc(C(C)(C)C)c1. The van der Waals surface area contributed by atoms with Crippen molar-refractivity contribution < 1.29 is 9.84 Å². The van der Waals surface area contributed by atoms with Crippen LogP contribution in [0.2, 0.25) is 0 Å². The van der Waals surface area contributed by atoms with Gasteiger partial charge in [-0.15, -0.1) is 0 Å². The summed E-state index contributed by atoms with van der Waals surface area (Å²) in [4.78, 5) is 0. The molecule has 29 heavy (non-hydrogen) atoms. The third kappa shape index (κ3) is 3.61. The lowest BCUT2D eigenvalue weighted by molar-refractivity contribution is 0.380. The summed E-state index contributed by atoms with van der Waals surface area (Å²) < 4.78 is 7.85. The summed E-state index contributed by atoms with van der Waals surface area (Å²) in [6, 6.07) is 24.6. The van der Waals surface area contributed by atoms with Crippen molar-refractivity contribution in [1.29, 1.82) is 0 Å². The van der Waals surface area contributed by atoms with Crippen LogP contribution in [-0.4, -0.2) is 16.8 Å². The van der Waals surface area contributed by atoms with Gasteiger partial charge in [0.25, 0.3) is 0 Å². The lowest BCUT2D eigenvalue weighted by Crippen LogP contribution is -2.12. The van der Waals surface area contributed by atoms with Crippen molar-refractivity contribution in [2.24, 2.45) is 0 Å². The minimum absolute atomic E-state index is 0.0896. The van der Waals surface area contributed by atoms with Crippen LogP contribution < -0.4 is 4.74 Å². The van der Waals surface area contributed by atoms with Crippen molar-refractivity contribution in [2.45, 2.75) is 32.7 Å².